The molecule has 0 aliphatic heterocycles. The number of amides is 1. The van der Waals surface area contributed by atoms with Crippen LogP contribution in [0.2, 0.25) is 0 Å². The number of hydrogen-bond donors (Lipinski definition) is 1. The normalized spacial score (nSPS) is 13.0. The lowest BCUT2D eigenvalue weighted by Gasteiger charge is -2.25. The van der Waals surface area contributed by atoms with E-state index in [9.17, 15) is 18.0 Å². The summed E-state index contributed by atoms with van der Waals surface area (Å²) in [4.78, 5) is 18.0. The fourth-order valence-corrected chi connectivity index (χ4v) is 2.89. The number of aromatic nitrogens is 2. The predicted octanol–water partition coefficient (Wildman–Crippen LogP) is 4.00. The Balaban J connectivity index is 1.98. The average molecular weight is 398 g/mol. The van der Waals surface area contributed by atoms with Crippen LogP contribution in [0.25, 0.3) is 11.5 Å². The van der Waals surface area contributed by atoms with E-state index in [0.717, 1.165) is 32.5 Å². The van der Waals surface area contributed by atoms with Gasteiger partial charge in [0.15, 0.2) is 0 Å². The summed E-state index contributed by atoms with van der Waals surface area (Å²) < 4.78 is 42.3. The molecule has 0 radical (unpaired) electrons. The lowest BCUT2D eigenvalue weighted by atomic mass is 10.1. The van der Waals surface area contributed by atoms with E-state index >= 15 is 0 Å². The minimum Gasteiger partial charge on any atom is -0.348 e. The van der Waals surface area contributed by atoms with Gasteiger partial charge in [-0.15, -0.1) is 0 Å². The third kappa shape index (κ3) is 6.05. The summed E-state index contributed by atoms with van der Waals surface area (Å²) in [6.45, 7) is 8.90. The number of rotatable bonds is 9. The first-order valence-electron chi connectivity index (χ1n) is 9.29. The smallest absolute Gasteiger partial charge is 0.348 e. The van der Waals surface area contributed by atoms with Gasteiger partial charge in [0.2, 0.25) is 0 Å². The van der Waals surface area contributed by atoms with Crippen LogP contribution in [0.5, 0.6) is 0 Å². The van der Waals surface area contributed by atoms with Gasteiger partial charge in [-0.05, 0) is 57.1 Å². The highest BCUT2D eigenvalue weighted by atomic mass is 19.4. The van der Waals surface area contributed by atoms with Crippen molar-refractivity contribution in [3.63, 3.8) is 0 Å². The third-order valence-corrected chi connectivity index (χ3v) is 4.06. The van der Waals surface area contributed by atoms with Gasteiger partial charge in [0.05, 0.1) is 0 Å². The lowest BCUT2D eigenvalue weighted by molar-refractivity contribution is -0.146. The first kappa shape index (κ1) is 21.9. The second-order valence-corrected chi connectivity index (χ2v) is 6.67. The van der Waals surface area contributed by atoms with Crippen molar-refractivity contribution < 1.29 is 22.5 Å². The number of carbonyl (C=O) groups is 1. The van der Waals surface area contributed by atoms with Gasteiger partial charge < -0.3 is 14.7 Å². The Morgan fingerprint density at radius 3 is 2.29 bits per heavy atom. The van der Waals surface area contributed by atoms with E-state index in [1.165, 1.54) is 24.3 Å². The van der Waals surface area contributed by atoms with Gasteiger partial charge in [0.1, 0.15) is 0 Å². The molecule has 2 aromatic rings. The van der Waals surface area contributed by atoms with Gasteiger partial charge in [0, 0.05) is 23.7 Å². The van der Waals surface area contributed by atoms with E-state index in [1.807, 2.05) is 6.92 Å². The van der Waals surface area contributed by atoms with Crippen LogP contribution in [-0.2, 0) is 6.18 Å². The van der Waals surface area contributed by atoms with Crippen molar-refractivity contribution in [3.05, 3.63) is 35.7 Å². The Hall–Kier alpha value is -2.42. The average Bonchev–Trinajstić information content (AvgIpc) is 3.12. The molecule has 1 aromatic carbocycles. The molecule has 0 saturated heterocycles. The molecule has 1 N–H and O–H groups in total. The SMILES string of the molecule is CCCN(CCC)C[C@@H](C)NC(=O)c1ccc(-c2nc(C(F)(F)F)no2)cc1. The summed E-state index contributed by atoms with van der Waals surface area (Å²) in [6, 6.07) is 5.96. The molecule has 0 spiro atoms. The van der Waals surface area contributed by atoms with Crippen LogP contribution in [0.3, 0.4) is 0 Å². The summed E-state index contributed by atoms with van der Waals surface area (Å²) >= 11 is 0. The molecular formula is C19H25F3N4O2. The molecule has 9 heteroatoms. The van der Waals surface area contributed by atoms with Gasteiger partial charge in [-0.3, -0.25) is 4.79 Å². The van der Waals surface area contributed by atoms with Crippen molar-refractivity contribution in [2.75, 3.05) is 19.6 Å². The zero-order chi connectivity index (χ0) is 20.7. The molecule has 1 aromatic heterocycles. The topological polar surface area (TPSA) is 71.3 Å². The molecule has 0 unspecified atom stereocenters. The number of nitrogens with one attached hydrogen (secondary N) is 1. The molecule has 2 rings (SSSR count). The predicted molar refractivity (Wildman–Crippen MR) is 98.7 cm³/mol. The van der Waals surface area contributed by atoms with Gasteiger partial charge >= 0.3 is 6.18 Å². The number of halogens is 3. The Labute approximate surface area is 162 Å². The molecule has 1 heterocycles. The molecule has 0 bridgehead atoms. The van der Waals surface area contributed by atoms with Crippen LogP contribution in [0.15, 0.2) is 28.8 Å². The first-order valence-corrected chi connectivity index (χ1v) is 9.29. The second-order valence-electron chi connectivity index (χ2n) is 6.67. The van der Waals surface area contributed by atoms with Crippen molar-refractivity contribution in [2.24, 2.45) is 0 Å². The summed E-state index contributed by atoms with van der Waals surface area (Å²) in [5.41, 5.74) is 0.716. The molecule has 1 amide bonds. The van der Waals surface area contributed by atoms with Gasteiger partial charge in [-0.1, -0.05) is 19.0 Å². The van der Waals surface area contributed by atoms with E-state index in [4.69, 9.17) is 0 Å². The fraction of sp³-hybridized carbons (Fsp3) is 0.526. The van der Waals surface area contributed by atoms with E-state index in [-0.39, 0.29) is 17.8 Å². The zero-order valence-electron chi connectivity index (χ0n) is 16.2. The molecule has 0 saturated carbocycles. The van der Waals surface area contributed by atoms with Crippen LogP contribution in [-0.4, -0.2) is 46.6 Å². The molecular weight excluding hydrogens is 373 g/mol. The van der Waals surface area contributed by atoms with E-state index in [2.05, 4.69) is 38.7 Å². The first-order chi connectivity index (χ1) is 13.2. The number of alkyl halides is 3. The second kappa shape index (κ2) is 9.68. The quantitative estimate of drug-likeness (QED) is 0.691. The maximum absolute atomic E-state index is 12.6. The molecule has 0 fully saturated rings. The van der Waals surface area contributed by atoms with Crippen molar-refractivity contribution in [3.8, 4) is 11.5 Å². The highest BCUT2D eigenvalue weighted by Gasteiger charge is 2.37. The molecule has 154 valence electrons. The van der Waals surface area contributed by atoms with Crippen LogP contribution < -0.4 is 5.32 Å². The Morgan fingerprint density at radius 2 is 1.79 bits per heavy atom. The maximum Gasteiger partial charge on any atom is 0.455 e. The molecule has 6 nitrogen and oxygen atoms in total. The third-order valence-electron chi connectivity index (χ3n) is 4.06. The van der Waals surface area contributed by atoms with E-state index < -0.39 is 12.0 Å². The monoisotopic (exact) mass is 398 g/mol. The van der Waals surface area contributed by atoms with Crippen molar-refractivity contribution in [1.82, 2.24) is 20.4 Å². The number of hydrogen-bond acceptors (Lipinski definition) is 5. The summed E-state index contributed by atoms with van der Waals surface area (Å²) in [7, 11) is 0. The molecule has 0 aliphatic carbocycles. The Kier molecular flexibility index (Phi) is 7.56. The molecule has 1 atom stereocenters. The van der Waals surface area contributed by atoms with Gasteiger partial charge in [0.25, 0.3) is 17.6 Å². The highest BCUT2D eigenvalue weighted by Crippen LogP contribution is 2.28. The van der Waals surface area contributed by atoms with Gasteiger partial charge in [-0.2, -0.15) is 18.2 Å². The Bertz CT molecular complexity index is 753. The lowest BCUT2D eigenvalue weighted by Crippen LogP contribution is -2.42. The summed E-state index contributed by atoms with van der Waals surface area (Å²) in [5.74, 6) is -1.82. The minimum atomic E-state index is -4.67. The molecule has 0 aliphatic rings. The van der Waals surface area contributed by atoms with E-state index in [0.29, 0.717) is 11.1 Å². The number of carbonyl (C=O) groups excluding carboxylic acids is 1. The fourth-order valence-electron chi connectivity index (χ4n) is 2.89. The van der Waals surface area contributed by atoms with Crippen LogP contribution in [0.4, 0.5) is 13.2 Å². The van der Waals surface area contributed by atoms with Gasteiger partial charge in [-0.25, -0.2) is 0 Å². The minimum absolute atomic E-state index is 0.0319. The number of benzene rings is 1. The number of nitrogens with zero attached hydrogens (tertiary/aromatic N) is 3. The van der Waals surface area contributed by atoms with Crippen molar-refractivity contribution in [1.29, 1.82) is 0 Å². The maximum atomic E-state index is 12.6. The largest absolute Gasteiger partial charge is 0.455 e. The highest BCUT2D eigenvalue weighted by molar-refractivity contribution is 5.94. The summed E-state index contributed by atoms with van der Waals surface area (Å²) in [5, 5.41) is 5.87. The molecule has 28 heavy (non-hydrogen) atoms. The van der Waals surface area contributed by atoms with E-state index in [1.54, 1.807) is 0 Å². The van der Waals surface area contributed by atoms with Crippen LogP contribution in [0.1, 0.15) is 49.8 Å². The zero-order valence-corrected chi connectivity index (χ0v) is 16.2. The Morgan fingerprint density at radius 1 is 1.18 bits per heavy atom. The van der Waals surface area contributed by atoms with Crippen LogP contribution in [0, 0.1) is 0 Å². The standard InChI is InChI=1S/C19H25F3N4O2/c1-4-10-26(11-5-2)12-13(3)23-16(27)14-6-8-15(9-7-14)17-24-18(25-28-17)19(20,21)22/h6-9,13H,4-5,10-12H2,1-3H3,(H,23,27)/t13-/m1/s1. The van der Waals surface area contributed by atoms with Crippen molar-refractivity contribution in [2.45, 2.75) is 45.8 Å². The summed E-state index contributed by atoms with van der Waals surface area (Å²) in [6.07, 6.45) is -2.57. The van der Waals surface area contributed by atoms with Crippen molar-refractivity contribution >= 4 is 5.91 Å². The van der Waals surface area contributed by atoms with Crippen LogP contribution >= 0.6 is 0 Å².